The molecule has 1 amide bonds. The van der Waals surface area contributed by atoms with Crippen LogP contribution in [0.15, 0.2) is 42.5 Å². The van der Waals surface area contributed by atoms with Crippen molar-refractivity contribution in [3.05, 3.63) is 63.7 Å². The van der Waals surface area contributed by atoms with Crippen LogP contribution in [0.1, 0.15) is 28.8 Å². The van der Waals surface area contributed by atoms with Crippen molar-refractivity contribution in [1.29, 1.82) is 0 Å². The third-order valence-corrected chi connectivity index (χ3v) is 5.95. The van der Waals surface area contributed by atoms with Crippen molar-refractivity contribution < 1.29 is 32.4 Å². The van der Waals surface area contributed by atoms with Crippen molar-refractivity contribution in [2.75, 3.05) is 44.3 Å². The first-order chi connectivity index (χ1) is 16.2. The Labute approximate surface area is 194 Å². The van der Waals surface area contributed by atoms with E-state index in [1.807, 2.05) is 0 Å². The molecule has 182 valence electrons. The summed E-state index contributed by atoms with van der Waals surface area (Å²) in [5.74, 6) is 0.365. The van der Waals surface area contributed by atoms with Gasteiger partial charge in [-0.15, -0.1) is 0 Å². The molecule has 2 heterocycles. The Hall–Kier alpha value is -3.34. The molecule has 0 saturated carbocycles. The smallest absolute Gasteiger partial charge is 0.416 e. The van der Waals surface area contributed by atoms with Crippen LogP contribution in [-0.4, -0.2) is 61.2 Å². The Bertz CT molecular complexity index is 1050. The molecule has 2 saturated heterocycles. The molecule has 2 aliphatic rings. The normalized spacial score (nSPS) is 18.7. The number of carbonyl (C=O) groups is 1. The molecule has 0 aromatic heterocycles. The number of alkyl halides is 3. The Morgan fingerprint density at radius 3 is 2.56 bits per heavy atom. The van der Waals surface area contributed by atoms with Crippen molar-refractivity contribution in [2.45, 2.75) is 25.1 Å². The van der Waals surface area contributed by atoms with Crippen molar-refractivity contribution in [3.8, 4) is 5.75 Å². The molecule has 1 unspecified atom stereocenters. The summed E-state index contributed by atoms with van der Waals surface area (Å²) in [6.07, 6.45) is -2.66. The fraction of sp³-hybridized carbons (Fsp3) is 0.435. The highest BCUT2D eigenvalue weighted by Crippen LogP contribution is 2.36. The number of nitro benzene ring substituents is 1. The molecule has 2 aromatic rings. The number of piperazine rings is 1. The van der Waals surface area contributed by atoms with Gasteiger partial charge in [0.05, 0.1) is 16.6 Å². The number of anilines is 1. The molecule has 2 fully saturated rings. The molecule has 8 nitrogen and oxygen atoms in total. The Kier molecular flexibility index (Phi) is 6.92. The number of rotatable bonds is 6. The maximum absolute atomic E-state index is 13.0. The molecule has 0 aliphatic carbocycles. The summed E-state index contributed by atoms with van der Waals surface area (Å²) in [4.78, 5) is 26.8. The predicted octanol–water partition coefficient (Wildman–Crippen LogP) is 4.13. The number of hydrogen-bond donors (Lipinski definition) is 0. The highest BCUT2D eigenvalue weighted by molar-refractivity contribution is 5.94. The van der Waals surface area contributed by atoms with Crippen LogP contribution in [0.5, 0.6) is 5.75 Å². The SMILES string of the molecule is O=C(c1cccc(OCC2CCCO2)c1)N1CCN(c2ccc(C(F)(F)F)cc2[N+](=O)[O-])CC1. The van der Waals surface area contributed by atoms with Crippen LogP contribution in [0.3, 0.4) is 0 Å². The molecule has 0 spiro atoms. The lowest BCUT2D eigenvalue weighted by molar-refractivity contribution is -0.384. The number of halogens is 3. The third kappa shape index (κ3) is 5.41. The largest absolute Gasteiger partial charge is 0.491 e. The van der Waals surface area contributed by atoms with Gasteiger partial charge in [-0.25, -0.2) is 0 Å². The zero-order chi connectivity index (χ0) is 24.3. The van der Waals surface area contributed by atoms with Gasteiger partial charge in [0.25, 0.3) is 11.6 Å². The molecular formula is C23H24F3N3O5. The van der Waals surface area contributed by atoms with E-state index in [1.165, 1.54) is 0 Å². The van der Waals surface area contributed by atoms with Gasteiger partial charge in [0.2, 0.25) is 0 Å². The van der Waals surface area contributed by atoms with Crippen LogP contribution in [-0.2, 0) is 10.9 Å². The summed E-state index contributed by atoms with van der Waals surface area (Å²) >= 11 is 0. The lowest BCUT2D eigenvalue weighted by Gasteiger charge is -2.36. The van der Waals surface area contributed by atoms with Crippen LogP contribution in [0.25, 0.3) is 0 Å². The highest BCUT2D eigenvalue weighted by atomic mass is 19.4. The second kappa shape index (κ2) is 9.88. The van der Waals surface area contributed by atoms with Gasteiger partial charge in [-0.2, -0.15) is 13.2 Å². The lowest BCUT2D eigenvalue weighted by Crippen LogP contribution is -2.49. The van der Waals surface area contributed by atoms with Gasteiger partial charge in [-0.05, 0) is 43.2 Å². The Morgan fingerprint density at radius 1 is 1.15 bits per heavy atom. The molecule has 0 radical (unpaired) electrons. The van der Waals surface area contributed by atoms with Gasteiger partial charge in [0, 0.05) is 44.4 Å². The first kappa shape index (κ1) is 23.8. The first-order valence-electron chi connectivity index (χ1n) is 11.0. The minimum absolute atomic E-state index is 0.0571. The van der Waals surface area contributed by atoms with Crippen LogP contribution in [0, 0.1) is 10.1 Å². The maximum Gasteiger partial charge on any atom is 0.416 e. The summed E-state index contributed by atoms with van der Waals surface area (Å²) < 4.78 is 50.2. The summed E-state index contributed by atoms with van der Waals surface area (Å²) in [6.45, 7) is 2.21. The zero-order valence-corrected chi connectivity index (χ0v) is 18.3. The van der Waals surface area contributed by atoms with Gasteiger partial charge in [-0.3, -0.25) is 14.9 Å². The summed E-state index contributed by atoms with van der Waals surface area (Å²) in [7, 11) is 0. The van der Waals surface area contributed by atoms with Crippen molar-refractivity contribution in [1.82, 2.24) is 4.90 Å². The van der Waals surface area contributed by atoms with Crippen molar-refractivity contribution >= 4 is 17.3 Å². The average molecular weight is 479 g/mol. The standard InChI is InChI=1S/C23H24F3N3O5/c24-23(25,26)17-6-7-20(21(14-17)29(31)32)27-8-10-28(11-9-27)22(30)16-3-1-4-18(13-16)34-15-19-5-2-12-33-19/h1,3-4,6-7,13-14,19H,2,5,8-12,15H2. The zero-order valence-electron chi connectivity index (χ0n) is 18.3. The summed E-state index contributed by atoms with van der Waals surface area (Å²) in [5.41, 5.74) is -1.11. The minimum atomic E-state index is -4.67. The Balaban J connectivity index is 1.39. The van der Waals surface area contributed by atoms with E-state index in [2.05, 4.69) is 0 Å². The average Bonchev–Trinajstić information content (AvgIpc) is 3.35. The molecule has 11 heteroatoms. The van der Waals surface area contributed by atoms with Crippen molar-refractivity contribution in [3.63, 3.8) is 0 Å². The highest BCUT2D eigenvalue weighted by Gasteiger charge is 2.34. The maximum atomic E-state index is 13.0. The van der Waals surface area contributed by atoms with Crippen LogP contribution in [0.2, 0.25) is 0 Å². The third-order valence-electron chi connectivity index (χ3n) is 5.95. The first-order valence-corrected chi connectivity index (χ1v) is 11.0. The van der Waals surface area contributed by atoms with Gasteiger partial charge in [0.15, 0.2) is 0 Å². The molecular weight excluding hydrogens is 455 g/mol. The quantitative estimate of drug-likeness (QED) is 0.458. The van der Waals surface area contributed by atoms with E-state index in [9.17, 15) is 28.1 Å². The van der Waals surface area contributed by atoms with E-state index in [-0.39, 0.29) is 43.9 Å². The summed E-state index contributed by atoms with van der Waals surface area (Å²) in [6, 6.07) is 9.37. The number of nitro groups is 1. The Morgan fingerprint density at radius 2 is 1.91 bits per heavy atom. The van der Waals surface area contributed by atoms with Gasteiger partial charge in [0.1, 0.15) is 18.0 Å². The number of benzene rings is 2. The van der Waals surface area contributed by atoms with E-state index >= 15 is 0 Å². The van der Waals surface area contributed by atoms with E-state index in [4.69, 9.17) is 9.47 Å². The molecule has 1 atom stereocenters. The molecule has 0 N–H and O–H groups in total. The van der Waals surface area contributed by atoms with Crippen LogP contribution >= 0.6 is 0 Å². The number of nitrogens with zero attached hydrogens (tertiary/aromatic N) is 3. The minimum Gasteiger partial charge on any atom is -0.491 e. The number of carbonyl (C=O) groups excluding carboxylic acids is 1. The van der Waals surface area contributed by atoms with E-state index in [0.29, 0.717) is 24.0 Å². The topological polar surface area (TPSA) is 85.2 Å². The molecule has 34 heavy (non-hydrogen) atoms. The summed E-state index contributed by atoms with van der Waals surface area (Å²) in [5, 5.41) is 11.4. The molecule has 4 rings (SSSR count). The monoisotopic (exact) mass is 479 g/mol. The number of hydrogen-bond acceptors (Lipinski definition) is 6. The molecule has 2 aliphatic heterocycles. The second-order valence-corrected chi connectivity index (χ2v) is 8.21. The van der Waals surface area contributed by atoms with Gasteiger partial charge in [-0.1, -0.05) is 6.07 Å². The predicted molar refractivity (Wildman–Crippen MR) is 117 cm³/mol. The van der Waals surface area contributed by atoms with Gasteiger partial charge >= 0.3 is 6.18 Å². The molecule has 2 aromatic carbocycles. The van der Waals surface area contributed by atoms with Crippen LogP contribution in [0.4, 0.5) is 24.5 Å². The van der Waals surface area contributed by atoms with E-state index in [0.717, 1.165) is 31.6 Å². The second-order valence-electron chi connectivity index (χ2n) is 8.21. The fourth-order valence-electron chi connectivity index (χ4n) is 4.13. The number of ether oxygens (including phenoxy) is 2. The number of amides is 1. The van der Waals surface area contributed by atoms with Crippen LogP contribution < -0.4 is 9.64 Å². The van der Waals surface area contributed by atoms with E-state index in [1.54, 1.807) is 34.1 Å². The van der Waals surface area contributed by atoms with Crippen molar-refractivity contribution in [2.24, 2.45) is 0 Å². The molecule has 0 bridgehead atoms. The lowest BCUT2D eigenvalue weighted by atomic mass is 10.1. The van der Waals surface area contributed by atoms with Gasteiger partial charge < -0.3 is 19.3 Å². The van der Waals surface area contributed by atoms with E-state index < -0.39 is 22.4 Å². The fourth-order valence-corrected chi connectivity index (χ4v) is 4.13.